The number of ether oxygens (including phenoxy) is 1. The molecule has 0 saturated heterocycles. The summed E-state index contributed by atoms with van der Waals surface area (Å²) < 4.78 is 5.40. The fraction of sp³-hybridized carbons (Fsp3) is 0.889. The summed E-state index contributed by atoms with van der Waals surface area (Å²) in [6, 6.07) is 0. The zero-order valence-electron chi connectivity index (χ0n) is 8.05. The van der Waals surface area contributed by atoms with Gasteiger partial charge in [-0.25, -0.2) is 0 Å². The van der Waals surface area contributed by atoms with Crippen molar-refractivity contribution in [2.75, 3.05) is 0 Å². The van der Waals surface area contributed by atoms with Crippen LogP contribution in [0.25, 0.3) is 0 Å². The van der Waals surface area contributed by atoms with Gasteiger partial charge in [0.2, 0.25) is 0 Å². The third-order valence-corrected chi connectivity index (χ3v) is 2.19. The molecule has 0 radical (unpaired) electrons. The van der Waals surface area contributed by atoms with E-state index in [1.807, 2.05) is 13.8 Å². The van der Waals surface area contributed by atoms with E-state index in [0.29, 0.717) is 11.8 Å². The van der Waals surface area contributed by atoms with Gasteiger partial charge in [0.25, 0.3) is 0 Å². The van der Waals surface area contributed by atoms with Crippen LogP contribution < -0.4 is 0 Å². The molecule has 0 saturated carbocycles. The van der Waals surface area contributed by atoms with Crippen molar-refractivity contribution in [1.29, 1.82) is 0 Å². The molecule has 0 aromatic rings. The molecular formula is C9H18OS. The summed E-state index contributed by atoms with van der Waals surface area (Å²) >= 11 is 5.11. The summed E-state index contributed by atoms with van der Waals surface area (Å²) in [5.74, 6) is 0.952. The molecule has 0 amide bonds. The van der Waals surface area contributed by atoms with Crippen molar-refractivity contribution in [3.63, 3.8) is 0 Å². The van der Waals surface area contributed by atoms with Gasteiger partial charge in [-0.05, 0) is 32.0 Å². The lowest BCUT2D eigenvalue weighted by Crippen LogP contribution is -2.20. The fourth-order valence-electron chi connectivity index (χ4n) is 0.612. The van der Waals surface area contributed by atoms with Crippen molar-refractivity contribution < 1.29 is 4.74 Å². The summed E-state index contributed by atoms with van der Waals surface area (Å²) in [4.78, 5) is 0. The summed E-state index contributed by atoms with van der Waals surface area (Å²) in [5.41, 5.74) is 0. The highest BCUT2D eigenvalue weighted by molar-refractivity contribution is 7.80. The molecule has 0 rings (SSSR count). The molecule has 66 valence electrons. The van der Waals surface area contributed by atoms with Crippen molar-refractivity contribution in [3.8, 4) is 0 Å². The van der Waals surface area contributed by atoms with E-state index in [2.05, 4.69) is 20.8 Å². The van der Waals surface area contributed by atoms with Crippen LogP contribution in [0.2, 0.25) is 0 Å². The van der Waals surface area contributed by atoms with Gasteiger partial charge in [0, 0.05) is 5.92 Å². The van der Waals surface area contributed by atoms with E-state index < -0.39 is 0 Å². The van der Waals surface area contributed by atoms with Crippen LogP contribution >= 0.6 is 12.2 Å². The van der Waals surface area contributed by atoms with Gasteiger partial charge in [0.05, 0.1) is 6.10 Å². The molecule has 0 fully saturated rings. The van der Waals surface area contributed by atoms with E-state index in [4.69, 9.17) is 17.0 Å². The fourth-order valence-corrected chi connectivity index (χ4v) is 1.08. The van der Waals surface area contributed by atoms with Gasteiger partial charge >= 0.3 is 0 Å². The Hall–Kier alpha value is -0.110. The highest BCUT2D eigenvalue weighted by atomic mass is 32.1. The quantitative estimate of drug-likeness (QED) is 0.608. The van der Waals surface area contributed by atoms with Gasteiger partial charge in [0.15, 0.2) is 5.05 Å². The lowest BCUT2D eigenvalue weighted by atomic mass is 9.99. The topological polar surface area (TPSA) is 9.23 Å². The normalized spacial score (nSPS) is 13.7. The molecule has 0 bridgehead atoms. The number of thiocarbonyl (C=S) groups is 1. The molecule has 0 aromatic carbocycles. The van der Waals surface area contributed by atoms with E-state index in [-0.39, 0.29) is 6.10 Å². The first-order valence-corrected chi connectivity index (χ1v) is 4.56. The van der Waals surface area contributed by atoms with E-state index in [9.17, 15) is 0 Å². The Morgan fingerprint density at radius 1 is 1.09 bits per heavy atom. The molecule has 1 atom stereocenters. The van der Waals surface area contributed by atoms with Gasteiger partial charge < -0.3 is 4.74 Å². The van der Waals surface area contributed by atoms with E-state index in [0.717, 1.165) is 5.05 Å². The Labute approximate surface area is 75.1 Å². The maximum atomic E-state index is 5.40. The number of hydrogen-bond acceptors (Lipinski definition) is 2. The smallest absolute Gasteiger partial charge is 0.163 e. The largest absolute Gasteiger partial charge is 0.484 e. The summed E-state index contributed by atoms with van der Waals surface area (Å²) in [7, 11) is 0. The lowest BCUT2D eigenvalue weighted by molar-refractivity contribution is 0.213. The molecule has 0 aliphatic carbocycles. The van der Waals surface area contributed by atoms with Crippen molar-refractivity contribution in [3.05, 3.63) is 0 Å². The number of rotatable bonds is 3. The molecule has 0 heterocycles. The zero-order valence-corrected chi connectivity index (χ0v) is 8.87. The van der Waals surface area contributed by atoms with Crippen LogP contribution in [0.5, 0.6) is 0 Å². The second-order valence-corrected chi connectivity index (χ2v) is 3.92. The van der Waals surface area contributed by atoms with Crippen LogP contribution in [0.4, 0.5) is 0 Å². The minimum atomic E-state index is 0.212. The lowest BCUT2D eigenvalue weighted by Gasteiger charge is -2.19. The van der Waals surface area contributed by atoms with Crippen molar-refractivity contribution in [1.82, 2.24) is 0 Å². The molecular weight excluding hydrogens is 156 g/mol. The summed E-state index contributed by atoms with van der Waals surface area (Å²) in [5, 5.41) is 0.745. The first kappa shape index (κ1) is 10.9. The molecule has 1 unspecified atom stereocenters. The minimum absolute atomic E-state index is 0.212. The van der Waals surface area contributed by atoms with Gasteiger partial charge in [-0.2, -0.15) is 0 Å². The molecule has 2 heteroatoms. The molecule has 1 nitrogen and oxygen atoms in total. The second kappa shape index (κ2) is 4.70. The highest BCUT2D eigenvalue weighted by Crippen LogP contribution is 2.13. The maximum absolute atomic E-state index is 5.40. The Bertz CT molecular complexity index is 130. The molecule has 0 spiro atoms. The summed E-state index contributed by atoms with van der Waals surface area (Å²) in [6.45, 7) is 10.4. The molecule has 0 aromatic heterocycles. The standard InChI is InChI=1S/C9H18OS/c1-6(2)8(5)9(11)10-7(3)4/h6-8H,1-5H3. The Morgan fingerprint density at radius 2 is 1.55 bits per heavy atom. The van der Waals surface area contributed by atoms with Gasteiger partial charge in [0.1, 0.15) is 0 Å². The second-order valence-electron chi connectivity index (χ2n) is 3.52. The zero-order chi connectivity index (χ0) is 9.02. The van der Waals surface area contributed by atoms with Crippen LogP contribution in [0.15, 0.2) is 0 Å². The average molecular weight is 174 g/mol. The van der Waals surface area contributed by atoms with Gasteiger partial charge in [-0.3, -0.25) is 0 Å². The Kier molecular flexibility index (Phi) is 4.66. The van der Waals surface area contributed by atoms with Crippen molar-refractivity contribution >= 4 is 17.3 Å². The first-order chi connectivity index (χ1) is 4.95. The SMILES string of the molecule is CC(C)OC(=S)C(C)C(C)C. The van der Waals surface area contributed by atoms with Crippen LogP contribution in [0.1, 0.15) is 34.6 Å². The van der Waals surface area contributed by atoms with Crippen LogP contribution in [0.3, 0.4) is 0 Å². The average Bonchev–Trinajstić information content (AvgIpc) is 1.84. The highest BCUT2D eigenvalue weighted by Gasteiger charge is 2.14. The van der Waals surface area contributed by atoms with E-state index in [1.165, 1.54) is 0 Å². The molecule has 0 N–H and O–H groups in total. The number of hydrogen-bond donors (Lipinski definition) is 0. The van der Waals surface area contributed by atoms with Crippen LogP contribution in [-0.2, 0) is 4.74 Å². The van der Waals surface area contributed by atoms with Crippen LogP contribution in [0, 0.1) is 11.8 Å². The molecule has 11 heavy (non-hydrogen) atoms. The third kappa shape index (κ3) is 4.35. The van der Waals surface area contributed by atoms with Crippen molar-refractivity contribution in [2.45, 2.75) is 40.7 Å². The Morgan fingerprint density at radius 3 is 1.82 bits per heavy atom. The monoisotopic (exact) mass is 174 g/mol. The van der Waals surface area contributed by atoms with E-state index >= 15 is 0 Å². The predicted octanol–water partition coefficient (Wildman–Crippen LogP) is 3.03. The van der Waals surface area contributed by atoms with Gasteiger partial charge in [-0.15, -0.1) is 0 Å². The molecule has 0 aliphatic rings. The Balaban J connectivity index is 3.83. The summed E-state index contributed by atoms with van der Waals surface area (Å²) in [6.07, 6.45) is 0.212. The van der Waals surface area contributed by atoms with Crippen molar-refractivity contribution in [2.24, 2.45) is 11.8 Å². The minimum Gasteiger partial charge on any atom is -0.484 e. The molecule has 0 aliphatic heterocycles. The van der Waals surface area contributed by atoms with E-state index in [1.54, 1.807) is 0 Å². The van der Waals surface area contributed by atoms with Crippen LogP contribution in [-0.4, -0.2) is 11.2 Å². The van der Waals surface area contributed by atoms with Gasteiger partial charge in [-0.1, -0.05) is 20.8 Å². The first-order valence-electron chi connectivity index (χ1n) is 4.15. The third-order valence-electron chi connectivity index (χ3n) is 1.72. The maximum Gasteiger partial charge on any atom is 0.163 e. The predicted molar refractivity (Wildman–Crippen MR) is 52.8 cm³/mol.